The van der Waals surface area contributed by atoms with Gasteiger partial charge in [0.15, 0.2) is 0 Å². The van der Waals surface area contributed by atoms with Crippen LogP contribution in [0.2, 0.25) is 0 Å². The molecule has 0 saturated carbocycles. The molecular weight excluding hydrogens is 198 g/mol. The summed E-state index contributed by atoms with van der Waals surface area (Å²) in [5.41, 5.74) is 8.52. The topological polar surface area (TPSA) is 35.2 Å². The van der Waals surface area contributed by atoms with Crippen molar-refractivity contribution in [1.29, 1.82) is 0 Å². The van der Waals surface area contributed by atoms with E-state index in [2.05, 4.69) is 31.2 Å². The van der Waals surface area contributed by atoms with E-state index in [0.717, 1.165) is 13.0 Å². The molecule has 1 heterocycles. The van der Waals surface area contributed by atoms with Crippen LogP contribution >= 0.6 is 0 Å². The van der Waals surface area contributed by atoms with Crippen molar-refractivity contribution in [1.82, 2.24) is 0 Å². The van der Waals surface area contributed by atoms with Crippen LogP contribution in [0.15, 0.2) is 24.3 Å². The third-order valence-electron chi connectivity index (χ3n) is 3.40. The van der Waals surface area contributed by atoms with Crippen molar-refractivity contribution in [2.75, 3.05) is 13.2 Å². The van der Waals surface area contributed by atoms with Crippen LogP contribution in [0.1, 0.15) is 36.3 Å². The van der Waals surface area contributed by atoms with Gasteiger partial charge in [-0.2, -0.15) is 0 Å². The molecular formula is C14H21NO. The maximum absolute atomic E-state index is 5.87. The summed E-state index contributed by atoms with van der Waals surface area (Å²) in [7, 11) is 0. The summed E-state index contributed by atoms with van der Waals surface area (Å²) in [6, 6.07) is 8.71. The molecule has 1 aromatic rings. The number of rotatable bonds is 4. The van der Waals surface area contributed by atoms with Gasteiger partial charge in [-0.15, -0.1) is 0 Å². The Balaban J connectivity index is 2.00. The van der Waals surface area contributed by atoms with E-state index in [0.29, 0.717) is 18.6 Å². The molecule has 1 aliphatic rings. The highest BCUT2D eigenvalue weighted by Crippen LogP contribution is 2.26. The fourth-order valence-electron chi connectivity index (χ4n) is 2.35. The lowest BCUT2D eigenvalue weighted by atomic mass is 9.92. The predicted octanol–water partition coefficient (Wildman–Crippen LogP) is 2.61. The lowest BCUT2D eigenvalue weighted by Crippen LogP contribution is -2.18. The molecule has 16 heavy (non-hydrogen) atoms. The molecule has 0 aromatic heterocycles. The smallest absolute Gasteiger partial charge is 0.0582 e. The Kier molecular flexibility index (Phi) is 3.97. The van der Waals surface area contributed by atoms with Crippen molar-refractivity contribution >= 4 is 0 Å². The third kappa shape index (κ3) is 2.83. The minimum Gasteiger partial charge on any atom is -0.378 e. The molecule has 0 spiro atoms. The molecule has 88 valence electrons. The molecule has 1 fully saturated rings. The Bertz CT molecular complexity index is 314. The lowest BCUT2D eigenvalue weighted by molar-refractivity contribution is 0.0984. The fourth-order valence-corrected chi connectivity index (χ4v) is 2.35. The maximum Gasteiger partial charge on any atom is 0.0582 e. The van der Waals surface area contributed by atoms with E-state index in [9.17, 15) is 0 Å². The van der Waals surface area contributed by atoms with Gasteiger partial charge in [-0.25, -0.2) is 0 Å². The second-order valence-corrected chi connectivity index (χ2v) is 4.71. The molecule has 0 amide bonds. The Hall–Kier alpha value is -0.860. The predicted molar refractivity (Wildman–Crippen MR) is 66.6 cm³/mol. The molecule has 2 heteroatoms. The number of nitrogens with two attached hydrogens (primary N) is 1. The lowest BCUT2D eigenvalue weighted by Gasteiger charge is -2.19. The van der Waals surface area contributed by atoms with Gasteiger partial charge in [0.05, 0.1) is 6.10 Å². The molecule has 2 N–H and O–H groups in total. The zero-order chi connectivity index (χ0) is 11.4. The SMILES string of the molecule is Cc1ccc(C(CN)CC2CCCO2)cc1. The van der Waals surface area contributed by atoms with Crippen LogP contribution in [0.4, 0.5) is 0 Å². The minimum atomic E-state index is 0.426. The number of ether oxygens (including phenoxy) is 1. The molecule has 0 radical (unpaired) electrons. The van der Waals surface area contributed by atoms with Crippen LogP contribution in [-0.2, 0) is 4.74 Å². The summed E-state index contributed by atoms with van der Waals surface area (Å²) < 4.78 is 5.67. The summed E-state index contributed by atoms with van der Waals surface area (Å²) in [6.45, 7) is 3.75. The van der Waals surface area contributed by atoms with Crippen molar-refractivity contribution in [3.8, 4) is 0 Å². The van der Waals surface area contributed by atoms with E-state index in [1.165, 1.54) is 24.0 Å². The first-order valence-electron chi connectivity index (χ1n) is 6.18. The molecule has 1 aliphatic heterocycles. The van der Waals surface area contributed by atoms with Crippen molar-refractivity contribution in [2.24, 2.45) is 5.73 Å². The van der Waals surface area contributed by atoms with Crippen molar-refractivity contribution in [3.63, 3.8) is 0 Å². The van der Waals surface area contributed by atoms with E-state index >= 15 is 0 Å². The number of benzene rings is 1. The Morgan fingerprint density at radius 2 is 2.12 bits per heavy atom. The first kappa shape index (κ1) is 11.6. The van der Waals surface area contributed by atoms with E-state index in [1.807, 2.05) is 0 Å². The standard InChI is InChI=1S/C14H21NO/c1-11-4-6-12(7-5-11)13(10-15)9-14-3-2-8-16-14/h4-7,13-14H,2-3,8-10,15H2,1H3. The highest BCUT2D eigenvalue weighted by Gasteiger charge is 2.20. The zero-order valence-electron chi connectivity index (χ0n) is 9.99. The van der Waals surface area contributed by atoms with Crippen molar-refractivity contribution in [2.45, 2.75) is 38.2 Å². The van der Waals surface area contributed by atoms with Crippen LogP contribution in [0.5, 0.6) is 0 Å². The van der Waals surface area contributed by atoms with E-state index in [1.54, 1.807) is 0 Å². The summed E-state index contributed by atoms with van der Waals surface area (Å²) in [5, 5.41) is 0. The average molecular weight is 219 g/mol. The molecule has 0 aliphatic carbocycles. The van der Waals surface area contributed by atoms with Gasteiger partial charge in [-0.05, 0) is 44.2 Å². The summed E-state index contributed by atoms with van der Waals surface area (Å²) >= 11 is 0. The normalized spacial score (nSPS) is 22.2. The first-order valence-corrected chi connectivity index (χ1v) is 6.18. The van der Waals surface area contributed by atoms with Crippen LogP contribution in [0, 0.1) is 6.92 Å². The van der Waals surface area contributed by atoms with E-state index < -0.39 is 0 Å². The summed E-state index contributed by atoms with van der Waals surface area (Å²) in [4.78, 5) is 0. The van der Waals surface area contributed by atoms with Gasteiger partial charge in [0.2, 0.25) is 0 Å². The molecule has 2 atom stereocenters. The fraction of sp³-hybridized carbons (Fsp3) is 0.571. The van der Waals surface area contributed by atoms with Gasteiger partial charge in [0.25, 0.3) is 0 Å². The first-order chi connectivity index (χ1) is 7.79. The largest absolute Gasteiger partial charge is 0.378 e. The molecule has 2 rings (SSSR count). The molecule has 1 saturated heterocycles. The second kappa shape index (κ2) is 5.46. The van der Waals surface area contributed by atoms with Gasteiger partial charge >= 0.3 is 0 Å². The highest BCUT2D eigenvalue weighted by molar-refractivity contribution is 5.24. The van der Waals surface area contributed by atoms with Gasteiger partial charge < -0.3 is 10.5 Å². The Morgan fingerprint density at radius 3 is 2.69 bits per heavy atom. The number of hydrogen-bond acceptors (Lipinski definition) is 2. The average Bonchev–Trinajstić information content (AvgIpc) is 2.80. The molecule has 2 nitrogen and oxygen atoms in total. The summed E-state index contributed by atoms with van der Waals surface area (Å²) in [6.07, 6.45) is 3.90. The second-order valence-electron chi connectivity index (χ2n) is 4.71. The molecule has 0 bridgehead atoms. The Morgan fingerprint density at radius 1 is 1.38 bits per heavy atom. The highest BCUT2D eigenvalue weighted by atomic mass is 16.5. The van der Waals surface area contributed by atoms with E-state index in [4.69, 9.17) is 10.5 Å². The van der Waals surface area contributed by atoms with Gasteiger partial charge in [-0.3, -0.25) is 0 Å². The van der Waals surface area contributed by atoms with Gasteiger partial charge in [-0.1, -0.05) is 29.8 Å². The third-order valence-corrected chi connectivity index (χ3v) is 3.40. The van der Waals surface area contributed by atoms with Gasteiger partial charge in [0, 0.05) is 6.61 Å². The Labute approximate surface area is 97.8 Å². The monoisotopic (exact) mass is 219 g/mol. The van der Waals surface area contributed by atoms with Crippen LogP contribution in [-0.4, -0.2) is 19.3 Å². The zero-order valence-corrected chi connectivity index (χ0v) is 9.99. The van der Waals surface area contributed by atoms with Crippen molar-refractivity contribution < 1.29 is 4.74 Å². The quantitative estimate of drug-likeness (QED) is 0.844. The van der Waals surface area contributed by atoms with E-state index in [-0.39, 0.29) is 0 Å². The van der Waals surface area contributed by atoms with Gasteiger partial charge in [0.1, 0.15) is 0 Å². The molecule has 1 aromatic carbocycles. The summed E-state index contributed by atoms with van der Waals surface area (Å²) in [5.74, 6) is 0.448. The number of hydrogen-bond donors (Lipinski definition) is 1. The van der Waals surface area contributed by atoms with Crippen LogP contribution < -0.4 is 5.73 Å². The maximum atomic E-state index is 5.87. The van der Waals surface area contributed by atoms with Crippen molar-refractivity contribution in [3.05, 3.63) is 35.4 Å². The minimum absolute atomic E-state index is 0.426. The number of aryl methyl sites for hydroxylation is 1. The van der Waals surface area contributed by atoms with Crippen LogP contribution in [0.25, 0.3) is 0 Å². The van der Waals surface area contributed by atoms with Crippen LogP contribution in [0.3, 0.4) is 0 Å². The molecule has 2 unspecified atom stereocenters.